The van der Waals surface area contributed by atoms with Crippen molar-refractivity contribution < 1.29 is 13.2 Å². The van der Waals surface area contributed by atoms with Gasteiger partial charge in [0.2, 0.25) is 0 Å². The number of hydrogen-bond donors (Lipinski definition) is 2. The van der Waals surface area contributed by atoms with Crippen LogP contribution in [0.4, 0.5) is 18.9 Å². The molecule has 0 aliphatic carbocycles. The molecule has 1 unspecified atom stereocenters. The quantitative estimate of drug-likeness (QED) is 0.891. The smallest absolute Gasteiger partial charge is 0.381 e. The molecule has 0 saturated carbocycles. The molecule has 0 radical (unpaired) electrons. The summed E-state index contributed by atoms with van der Waals surface area (Å²) in [4.78, 5) is 3.65. The summed E-state index contributed by atoms with van der Waals surface area (Å²) in [7, 11) is 0. The first kappa shape index (κ1) is 15.9. The highest BCUT2D eigenvalue weighted by Gasteiger charge is 2.32. The second-order valence-electron chi connectivity index (χ2n) is 4.94. The Morgan fingerprint density at radius 2 is 2.00 bits per heavy atom. The van der Waals surface area contributed by atoms with E-state index in [1.165, 1.54) is 6.07 Å². The van der Waals surface area contributed by atoms with Gasteiger partial charge in [0.1, 0.15) is 5.69 Å². The van der Waals surface area contributed by atoms with Gasteiger partial charge < -0.3 is 10.6 Å². The molecule has 114 valence electrons. The zero-order valence-electron chi connectivity index (χ0n) is 11.1. The van der Waals surface area contributed by atoms with Gasteiger partial charge in [-0.3, -0.25) is 0 Å². The first-order valence-electron chi connectivity index (χ1n) is 6.48. The molecule has 2 N–H and O–H groups in total. The molecule has 0 amide bonds. The van der Waals surface area contributed by atoms with Gasteiger partial charge in [-0.15, -0.1) is 12.4 Å². The molecule has 1 aliphatic rings. The third kappa shape index (κ3) is 3.57. The number of pyridine rings is 1. The summed E-state index contributed by atoms with van der Waals surface area (Å²) in [5, 5.41) is 7.32. The van der Waals surface area contributed by atoms with Gasteiger partial charge in [-0.1, -0.05) is 6.07 Å². The molecule has 0 spiro atoms. The summed E-state index contributed by atoms with van der Waals surface area (Å²) in [5.74, 6) is 0. The molecular weight excluding hydrogens is 303 g/mol. The number of hydrogen-bond acceptors (Lipinski definition) is 3. The normalized spacial score (nSPS) is 18.5. The highest BCUT2D eigenvalue weighted by atomic mass is 35.5. The molecule has 1 saturated heterocycles. The van der Waals surface area contributed by atoms with Gasteiger partial charge >= 0.3 is 6.18 Å². The summed E-state index contributed by atoms with van der Waals surface area (Å²) in [5.41, 5.74) is 0.411. The number of halogens is 4. The van der Waals surface area contributed by atoms with Crippen LogP contribution in [-0.4, -0.2) is 24.1 Å². The Hall–Kier alpha value is -1.53. The molecule has 3 nitrogen and oxygen atoms in total. The third-order valence-corrected chi connectivity index (χ3v) is 3.41. The molecular formula is C14H15ClF3N3. The van der Waals surface area contributed by atoms with E-state index >= 15 is 0 Å². The molecule has 2 heterocycles. The lowest BCUT2D eigenvalue weighted by Gasteiger charge is -2.13. The number of rotatable bonds is 2. The zero-order chi connectivity index (χ0) is 14.2. The van der Waals surface area contributed by atoms with Gasteiger partial charge in [-0.25, -0.2) is 4.98 Å². The van der Waals surface area contributed by atoms with Crippen LogP contribution in [0.3, 0.4) is 0 Å². The van der Waals surface area contributed by atoms with E-state index in [4.69, 9.17) is 0 Å². The minimum Gasteiger partial charge on any atom is -0.381 e. The number of nitrogens with zero attached hydrogens (tertiary/aromatic N) is 1. The third-order valence-electron chi connectivity index (χ3n) is 3.41. The van der Waals surface area contributed by atoms with Crippen molar-refractivity contribution in [1.29, 1.82) is 0 Å². The highest BCUT2D eigenvalue weighted by Crippen LogP contribution is 2.29. The lowest BCUT2D eigenvalue weighted by atomic mass is 10.1. The molecule has 21 heavy (non-hydrogen) atoms. The van der Waals surface area contributed by atoms with Crippen LogP contribution in [0.5, 0.6) is 0 Å². The van der Waals surface area contributed by atoms with Gasteiger partial charge in [0, 0.05) is 23.7 Å². The zero-order valence-corrected chi connectivity index (χ0v) is 11.9. The van der Waals surface area contributed by atoms with Crippen molar-refractivity contribution in [1.82, 2.24) is 10.3 Å². The fourth-order valence-electron chi connectivity index (χ4n) is 2.39. The molecule has 0 bridgehead atoms. The Labute approximate surface area is 126 Å². The second kappa shape index (κ2) is 6.07. The first-order chi connectivity index (χ1) is 9.52. The number of anilines is 1. The Bertz CT molecular complexity index is 624. The Morgan fingerprint density at radius 3 is 2.67 bits per heavy atom. The molecule has 3 rings (SSSR count). The SMILES string of the molecule is Cl.FC(F)(F)c1ccc2cc(NC3CCNC3)ccc2n1. The molecule has 2 aromatic rings. The maximum Gasteiger partial charge on any atom is 0.433 e. The van der Waals surface area contributed by atoms with Gasteiger partial charge in [-0.2, -0.15) is 13.2 Å². The van der Waals surface area contributed by atoms with Crippen LogP contribution in [0.15, 0.2) is 30.3 Å². The second-order valence-corrected chi connectivity index (χ2v) is 4.94. The van der Waals surface area contributed by atoms with Crippen molar-refractivity contribution in [3.63, 3.8) is 0 Å². The van der Waals surface area contributed by atoms with Crippen LogP contribution in [0, 0.1) is 0 Å². The van der Waals surface area contributed by atoms with Crippen molar-refractivity contribution in [3.8, 4) is 0 Å². The van der Waals surface area contributed by atoms with Crippen molar-refractivity contribution in [3.05, 3.63) is 36.0 Å². The summed E-state index contributed by atoms with van der Waals surface area (Å²) in [6, 6.07) is 8.07. The van der Waals surface area contributed by atoms with Crippen LogP contribution in [0.25, 0.3) is 10.9 Å². The van der Waals surface area contributed by atoms with E-state index in [2.05, 4.69) is 15.6 Å². The first-order valence-corrected chi connectivity index (χ1v) is 6.48. The molecule has 1 aromatic heterocycles. The van der Waals surface area contributed by atoms with Crippen LogP contribution in [0.2, 0.25) is 0 Å². The van der Waals surface area contributed by atoms with E-state index in [-0.39, 0.29) is 12.4 Å². The molecule has 1 aliphatic heterocycles. The maximum absolute atomic E-state index is 12.6. The fourth-order valence-corrected chi connectivity index (χ4v) is 2.39. The minimum atomic E-state index is -4.40. The van der Waals surface area contributed by atoms with Crippen molar-refractivity contribution in [2.75, 3.05) is 18.4 Å². The summed E-state index contributed by atoms with van der Waals surface area (Å²) < 4.78 is 37.8. The van der Waals surface area contributed by atoms with Crippen LogP contribution < -0.4 is 10.6 Å². The topological polar surface area (TPSA) is 37.0 Å². The number of benzene rings is 1. The number of alkyl halides is 3. The van der Waals surface area contributed by atoms with E-state index in [1.54, 1.807) is 12.1 Å². The maximum atomic E-state index is 12.6. The molecule has 7 heteroatoms. The van der Waals surface area contributed by atoms with E-state index in [0.29, 0.717) is 16.9 Å². The number of nitrogens with one attached hydrogen (secondary N) is 2. The van der Waals surface area contributed by atoms with E-state index in [1.807, 2.05) is 6.07 Å². The molecule has 1 aromatic carbocycles. The van der Waals surface area contributed by atoms with Crippen LogP contribution in [-0.2, 0) is 6.18 Å². The van der Waals surface area contributed by atoms with Gasteiger partial charge in [-0.05, 0) is 37.2 Å². The lowest BCUT2D eigenvalue weighted by Crippen LogP contribution is -2.21. The number of aromatic nitrogens is 1. The van der Waals surface area contributed by atoms with Crippen LogP contribution in [0.1, 0.15) is 12.1 Å². The standard InChI is InChI=1S/C14H14F3N3.ClH/c15-14(16,17)13-4-1-9-7-10(2-3-12(9)20-13)19-11-5-6-18-8-11;/h1-4,7,11,18-19H,5-6,8H2;1H. The monoisotopic (exact) mass is 317 g/mol. The largest absolute Gasteiger partial charge is 0.433 e. The summed E-state index contributed by atoms with van der Waals surface area (Å²) in [6.45, 7) is 1.89. The Balaban J connectivity index is 0.00000161. The summed E-state index contributed by atoms with van der Waals surface area (Å²) >= 11 is 0. The average molecular weight is 318 g/mol. The van der Waals surface area contributed by atoms with Crippen molar-refractivity contribution in [2.24, 2.45) is 0 Å². The van der Waals surface area contributed by atoms with Crippen molar-refractivity contribution >= 4 is 29.0 Å². The highest BCUT2D eigenvalue weighted by molar-refractivity contribution is 5.85. The predicted octanol–water partition coefficient (Wildman–Crippen LogP) is 3.45. The summed E-state index contributed by atoms with van der Waals surface area (Å²) in [6.07, 6.45) is -3.36. The minimum absolute atomic E-state index is 0. The molecule has 1 atom stereocenters. The van der Waals surface area contributed by atoms with E-state index in [0.717, 1.165) is 31.3 Å². The van der Waals surface area contributed by atoms with Crippen LogP contribution >= 0.6 is 12.4 Å². The van der Waals surface area contributed by atoms with Gasteiger partial charge in [0.25, 0.3) is 0 Å². The predicted molar refractivity (Wildman–Crippen MR) is 78.9 cm³/mol. The van der Waals surface area contributed by atoms with Gasteiger partial charge in [0.15, 0.2) is 0 Å². The van der Waals surface area contributed by atoms with E-state index < -0.39 is 11.9 Å². The van der Waals surface area contributed by atoms with Gasteiger partial charge in [0.05, 0.1) is 5.52 Å². The van der Waals surface area contributed by atoms with Crippen molar-refractivity contribution in [2.45, 2.75) is 18.6 Å². The average Bonchev–Trinajstić information content (AvgIpc) is 2.90. The Morgan fingerprint density at radius 1 is 1.19 bits per heavy atom. The number of fused-ring (bicyclic) bond motifs is 1. The van der Waals surface area contributed by atoms with E-state index in [9.17, 15) is 13.2 Å². The fraction of sp³-hybridized carbons (Fsp3) is 0.357. The molecule has 1 fully saturated rings. The Kier molecular flexibility index (Phi) is 4.58. The lowest BCUT2D eigenvalue weighted by molar-refractivity contribution is -0.140.